The highest BCUT2D eigenvalue weighted by Crippen LogP contribution is 2.22. The first kappa shape index (κ1) is 13.9. The molecule has 0 radical (unpaired) electrons. The minimum Gasteiger partial charge on any atom is -0.384 e. The predicted molar refractivity (Wildman–Crippen MR) is 86.6 cm³/mol. The molecule has 3 nitrogen and oxygen atoms in total. The zero-order chi connectivity index (χ0) is 14.8. The lowest BCUT2D eigenvalue weighted by molar-refractivity contribution is 0.350. The highest BCUT2D eigenvalue weighted by Gasteiger charge is 2.06. The predicted octanol–water partition coefficient (Wildman–Crippen LogP) is 3.11. The van der Waals surface area contributed by atoms with Crippen LogP contribution >= 0.6 is 11.3 Å². The van der Waals surface area contributed by atoms with E-state index >= 15 is 0 Å². The molecule has 4 heteroatoms. The van der Waals surface area contributed by atoms with E-state index in [9.17, 15) is 0 Å². The first-order valence-corrected chi connectivity index (χ1v) is 7.59. The number of thiophene rings is 1. The van der Waals surface area contributed by atoms with Crippen LogP contribution in [0.15, 0.2) is 30.6 Å². The molecule has 0 fully saturated rings. The Kier molecular flexibility index (Phi) is 3.78. The Balaban J connectivity index is 1.91. The van der Waals surface area contributed by atoms with E-state index in [4.69, 9.17) is 5.11 Å². The van der Waals surface area contributed by atoms with Crippen LogP contribution in [0.25, 0.3) is 11.0 Å². The van der Waals surface area contributed by atoms with E-state index in [0.29, 0.717) is 0 Å². The number of fused-ring (bicyclic) bond motifs is 1. The molecule has 0 aliphatic rings. The molecule has 3 aromatic rings. The molecule has 0 saturated carbocycles. The van der Waals surface area contributed by atoms with Crippen LogP contribution in [0, 0.1) is 25.7 Å². The number of nitrogens with zero attached hydrogens (tertiary/aromatic N) is 2. The fraction of sp³-hybridized carbons (Fsp3) is 0.235. The largest absolute Gasteiger partial charge is 0.384 e. The van der Waals surface area contributed by atoms with Crippen LogP contribution in [-0.2, 0) is 6.54 Å². The third-order valence-electron chi connectivity index (χ3n) is 3.52. The summed E-state index contributed by atoms with van der Waals surface area (Å²) in [6.07, 6.45) is 1.89. The number of aryl methyl sites for hydroxylation is 2. The van der Waals surface area contributed by atoms with Gasteiger partial charge in [0.1, 0.15) is 6.61 Å². The average Bonchev–Trinajstić information content (AvgIpc) is 3.06. The number of aliphatic hydroxyl groups is 1. The molecule has 2 aromatic heterocycles. The molecule has 0 spiro atoms. The van der Waals surface area contributed by atoms with Gasteiger partial charge in [0.05, 0.1) is 28.8 Å². The number of rotatable bonds is 2. The SMILES string of the molecule is Cc1cc2ncn(Cc3ccc(C#CCO)s3)c2cc1C. The first-order chi connectivity index (χ1) is 10.2. The highest BCUT2D eigenvalue weighted by atomic mass is 32.1. The molecule has 0 bridgehead atoms. The molecule has 0 amide bonds. The smallest absolute Gasteiger partial charge is 0.104 e. The standard InChI is InChI=1S/C17H16N2OS/c1-12-8-16-17(9-13(12)2)19(11-18-16)10-15-6-5-14(21-15)4-3-7-20/h5-6,8-9,11,20H,7,10H2,1-2H3. The number of aliphatic hydroxyl groups excluding tert-OH is 1. The summed E-state index contributed by atoms with van der Waals surface area (Å²) in [6.45, 7) is 4.93. The Bertz CT molecular complexity index is 849. The van der Waals surface area contributed by atoms with E-state index < -0.39 is 0 Å². The van der Waals surface area contributed by atoms with Crippen molar-refractivity contribution in [3.05, 3.63) is 51.5 Å². The van der Waals surface area contributed by atoms with E-state index in [1.165, 1.54) is 16.0 Å². The number of aromatic nitrogens is 2. The van der Waals surface area contributed by atoms with E-state index in [0.717, 1.165) is 22.5 Å². The van der Waals surface area contributed by atoms with Crippen molar-refractivity contribution in [3.63, 3.8) is 0 Å². The van der Waals surface area contributed by atoms with Crippen molar-refractivity contribution >= 4 is 22.4 Å². The van der Waals surface area contributed by atoms with Crippen molar-refractivity contribution < 1.29 is 5.11 Å². The van der Waals surface area contributed by atoms with E-state index in [1.807, 2.05) is 12.4 Å². The number of benzene rings is 1. The van der Waals surface area contributed by atoms with Crippen molar-refractivity contribution in [2.75, 3.05) is 6.61 Å². The summed E-state index contributed by atoms with van der Waals surface area (Å²) in [5.74, 6) is 5.62. The maximum absolute atomic E-state index is 8.73. The van der Waals surface area contributed by atoms with Crippen molar-refractivity contribution in [2.45, 2.75) is 20.4 Å². The summed E-state index contributed by atoms with van der Waals surface area (Å²) in [5.41, 5.74) is 4.75. The second-order valence-electron chi connectivity index (χ2n) is 5.02. The molecule has 0 aliphatic carbocycles. The maximum atomic E-state index is 8.73. The Morgan fingerprint density at radius 1 is 1.24 bits per heavy atom. The van der Waals surface area contributed by atoms with Gasteiger partial charge in [-0.2, -0.15) is 0 Å². The molecule has 1 aromatic carbocycles. The monoisotopic (exact) mass is 296 g/mol. The minimum atomic E-state index is -0.0992. The fourth-order valence-electron chi connectivity index (χ4n) is 2.26. The third kappa shape index (κ3) is 2.85. The Morgan fingerprint density at radius 3 is 2.86 bits per heavy atom. The molecule has 0 aliphatic heterocycles. The third-order valence-corrected chi connectivity index (χ3v) is 4.50. The fourth-order valence-corrected chi connectivity index (χ4v) is 3.15. The lowest BCUT2D eigenvalue weighted by atomic mass is 10.1. The van der Waals surface area contributed by atoms with Gasteiger partial charge in [-0.1, -0.05) is 11.8 Å². The Hall–Kier alpha value is -2.09. The quantitative estimate of drug-likeness (QED) is 0.738. The molecule has 0 unspecified atom stereocenters. The van der Waals surface area contributed by atoms with Gasteiger partial charge in [-0.05, 0) is 49.2 Å². The van der Waals surface area contributed by atoms with Gasteiger partial charge in [0, 0.05) is 4.88 Å². The lowest BCUT2D eigenvalue weighted by Crippen LogP contribution is -1.96. The Labute approximate surface area is 127 Å². The van der Waals surface area contributed by atoms with Crippen LogP contribution in [0.4, 0.5) is 0 Å². The molecule has 21 heavy (non-hydrogen) atoms. The van der Waals surface area contributed by atoms with Gasteiger partial charge in [-0.3, -0.25) is 0 Å². The van der Waals surface area contributed by atoms with Gasteiger partial charge in [0.25, 0.3) is 0 Å². The van der Waals surface area contributed by atoms with Crippen LogP contribution in [0.5, 0.6) is 0 Å². The van der Waals surface area contributed by atoms with Gasteiger partial charge >= 0.3 is 0 Å². The van der Waals surface area contributed by atoms with Crippen molar-refractivity contribution in [1.82, 2.24) is 9.55 Å². The van der Waals surface area contributed by atoms with E-state index in [1.54, 1.807) is 11.3 Å². The number of hydrogen-bond donors (Lipinski definition) is 1. The molecule has 0 atom stereocenters. The van der Waals surface area contributed by atoms with Gasteiger partial charge < -0.3 is 9.67 Å². The van der Waals surface area contributed by atoms with Crippen molar-refractivity contribution in [3.8, 4) is 11.8 Å². The van der Waals surface area contributed by atoms with Crippen LogP contribution in [0.2, 0.25) is 0 Å². The molecule has 2 heterocycles. The Morgan fingerprint density at radius 2 is 2.05 bits per heavy atom. The molecule has 3 rings (SSSR count). The topological polar surface area (TPSA) is 38.0 Å². The van der Waals surface area contributed by atoms with Crippen molar-refractivity contribution in [1.29, 1.82) is 0 Å². The van der Waals surface area contributed by atoms with Crippen LogP contribution < -0.4 is 0 Å². The molecule has 1 N–H and O–H groups in total. The molecule has 106 valence electrons. The van der Waals surface area contributed by atoms with Gasteiger partial charge in [-0.25, -0.2) is 4.98 Å². The minimum absolute atomic E-state index is 0.0992. The average molecular weight is 296 g/mol. The van der Waals surface area contributed by atoms with Crippen molar-refractivity contribution in [2.24, 2.45) is 0 Å². The zero-order valence-corrected chi connectivity index (χ0v) is 12.9. The van der Waals surface area contributed by atoms with Gasteiger partial charge in [0.15, 0.2) is 0 Å². The summed E-state index contributed by atoms with van der Waals surface area (Å²) in [5, 5.41) is 8.73. The van der Waals surface area contributed by atoms with Crippen LogP contribution in [0.1, 0.15) is 20.9 Å². The van der Waals surface area contributed by atoms with E-state index in [2.05, 4.69) is 53.4 Å². The van der Waals surface area contributed by atoms with Gasteiger partial charge in [0.2, 0.25) is 0 Å². The normalized spacial score (nSPS) is 10.6. The first-order valence-electron chi connectivity index (χ1n) is 6.78. The number of hydrogen-bond acceptors (Lipinski definition) is 3. The zero-order valence-electron chi connectivity index (χ0n) is 12.1. The maximum Gasteiger partial charge on any atom is 0.104 e. The second kappa shape index (κ2) is 5.72. The summed E-state index contributed by atoms with van der Waals surface area (Å²) in [4.78, 5) is 6.69. The van der Waals surface area contributed by atoms with Crippen LogP contribution in [-0.4, -0.2) is 21.3 Å². The van der Waals surface area contributed by atoms with Crippen LogP contribution in [0.3, 0.4) is 0 Å². The summed E-state index contributed by atoms with van der Waals surface area (Å²) in [6, 6.07) is 8.40. The lowest BCUT2D eigenvalue weighted by Gasteiger charge is -2.04. The second-order valence-corrected chi connectivity index (χ2v) is 6.19. The van der Waals surface area contributed by atoms with E-state index in [-0.39, 0.29) is 6.61 Å². The van der Waals surface area contributed by atoms with Gasteiger partial charge in [-0.15, -0.1) is 11.3 Å². The molecular weight excluding hydrogens is 280 g/mol. The molecule has 0 saturated heterocycles. The highest BCUT2D eigenvalue weighted by molar-refractivity contribution is 7.12. The summed E-state index contributed by atoms with van der Waals surface area (Å²) in [7, 11) is 0. The molecular formula is C17H16N2OS. The number of imidazole rings is 1. The summed E-state index contributed by atoms with van der Waals surface area (Å²) < 4.78 is 2.16. The summed E-state index contributed by atoms with van der Waals surface area (Å²) >= 11 is 1.65.